The van der Waals surface area contributed by atoms with Crippen LogP contribution < -0.4 is 10.7 Å². The first-order valence-electron chi connectivity index (χ1n) is 8.68. The lowest BCUT2D eigenvalue weighted by molar-refractivity contribution is 0.0952. The molecule has 136 valence electrons. The Morgan fingerprint density at radius 2 is 1.89 bits per heavy atom. The number of hydrogen-bond donors (Lipinski definition) is 2. The highest BCUT2D eigenvalue weighted by molar-refractivity contribution is 6.09. The normalized spacial score (nSPS) is 11.5. The molecule has 0 aliphatic rings. The van der Waals surface area contributed by atoms with Crippen LogP contribution in [0.3, 0.4) is 0 Å². The summed E-state index contributed by atoms with van der Waals surface area (Å²) in [6.45, 7) is 1.30. The molecule has 1 amide bonds. The number of amides is 1. The van der Waals surface area contributed by atoms with E-state index in [9.17, 15) is 9.59 Å². The molecule has 4 rings (SSSR count). The number of pyridine rings is 1. The minimum atomic E-state index is -0.180. The summed E-state index contributed by atoms with van der Waals surface area (Å²) in [5.74, 6) is -0.180. The number of aromatic nitrogens is 3. The second-order valence-electron chi connectivity index (χ2n) is 6.66. The highest BCUT2D eigenvalue weighted by Crippen LogP contribution is 2.23. The van der Waals surface area contributed by atoms with Gasteiger partial charge in [-0.15, -0.1) is 0 Å². The van der Waals surface area contributed by atoms with Crippen LogP contribution in [0.25, 0.3) is 33.0 Å². The predicted molar refractivity (Wildman–Crippen MR) is 106 cm³/mol. The summed E-state index contributed by atoms with van der Waals surface area (Å²) in [4.78, 5) is 39.1. The molecule has 0 saturated heterocycles. The average molecular weight is 361 g/mol. The van der Waals surface area contributed by atoms with Gasteiger partial charge in [0.2, 0.25) is 0 Å². The molecule has 0 radical (unpaired) electrons. The minimum Gasteiger partial charge on any atom is -0.352 e. The smallest absolute Gasteiger partial charge is 0.253 e. The van der Waals surface area contributed by atoms with Gasteiger partial charge in [0.1, 0.15) is 16.6 Å². The summed E-state index contributed by atoms with van der Waals surface area (Å²) < 4.78 is 0. The van der Waals surface area contributed by atoms with Crippen LogP contribution in [-0.4, -0.2) is 52.9 Å². The number of hydrogen-bond acceptors (Lipinski definition) is 5. The van der Waals surface area contributed by atoms with Gasteiger partial charge in [-0.05, 0) is 38.4 Å². The Hall–Kier alpha value is -3.32. The maximum Gasteiger partial charge on any atom is 0.253 e. The van der Waals surface area contributed by atoms with Crippen LogP contribution >= 0.6 is 0 Å². The third-order valence-corrected chi connectivity index (χ3v) is 4.46. The molecule has 0 atom stereocenters. The van der Waals surface area contributed by atoms with Crippen LogP contribution in [0.1, 0.15) is 10.4 Å². The summed E-state index contributed by atoms with van der Waals surface area (Å²) >= 11 is 0. The lowest BCUT2D eigenvalue weighted by Gasteiger charge is -2.12. The highest BCUT2D eigenvalue weighted by Gasteiger charge is 2.14. The van der Waals surface area contributed by atoms with Crippen LogP contribution in [0.5, 0.6) is 0 Å². The number of para-hydroxylation sites is 1. The zero-order valence-electron chi connectivity index (χ0n) is 15.1. The Kier molecular flexibility index (Phi) is 4.29. The molecule has 0 saturated carbocycles. The van der Waals surface area contributed by atoms with E-state index in [2.05, 4.69) is 15.3 Å². The molecular formula is C20H19N5O2. The predicted octanol–water partition coefficient (Wildman–Crippen LogP) is 1.92. The molecule has 0 unspecified atom stereocenters. The number of likely N-dealkylation sites (N-methyl/N-ethyl adjacent to an activating group) is 1. The van der Waals surface area contributed by atoms with E-state index in [4.69, 9.17) is 4.98 Å². The zero-order chi connectivity index (χ0) is 19.0. The van der Waals surface area contributed by atoms with Crippen molar-refractivity contribution in [3.8, 4) is 0 Å². The fraction of sp³-hybridized carbons (Fsp3) is 0.200. The largest absolute Gasteiger partial charge is 0.352 e. The Balaban J connectivity index is 1.88. The lowest BCUT2D eigenvalue weighted by Crippen LogP contribution is -2.31. The number of nitrogens with zero attached hydrogens (tertiary/aromatic N) is 3. The quantitative estimate of drug-likeness (QED) is 0.428. The van der Waals surface area contributed by atoms with E-state index in [1.54, 1.807) is 12.1 Å². The van der Waals surface area contributed by atoms with Crippen LogP contribution in [0.4, 0.5) is 0 Å². The van der Waals surface area contributed by atoms with Gasteiger partial charge < -0.3 is 15.2 Å². The van der Waals surface area contributed by atoms with E-state index >= 15 is 0 Å². The van der Waals surface area contributed by atoms with Crippen molar-refractivity contribution in [2.24, 2.45) is 0 Å². The first kappa shape index (κ1) is 17.1. The van der Waals surface area contributed by atoms with Crippen LogP contribution in [0.15, 0.2) is 47.4 Å². The maximum absolute atomic E-state index is 12.6. The molecule has 4 aromatic rings. The van der Waals surface area contributed by atoms with Gasteiger partial charge in [0, 0.05) is 30.7 Å². The fourth-order valence-corrected chi connectivity index (χ4v) is 3.09. The summed E-state index contributed by atoms with van der Waals surface area (Å²) in [6, 6.07) is 10.4. The van der Waals surface area contributed by atoms with Gasteiger partial charge >= 0.3 is 0 Å². The summed E-state index contributed by atoms with van der Waals surface area (Å²) in [6.07, 6.45) is 1.48. The third-order valence-electron chi connectivity index (χ3n) is 4.46. The van der Waals surface area contributed by atoms with Crippen LogP contribution in [-0.2, 0) is 0 Å². The molecule has 2 aromatic carbocycles. The van der Waals surface area contributed by atoms with E-state index in [-0.39, 0.29) is 11.3 Å². The number of benzene rings is 2. The van der Waals surface area contributed by atoms with Gasteiger partial charge in [-0.2, -0.15) is 0 Å². The molecule has 2 N–H and O–H groups in total. The standard InChI is InChI=1S/C20H19N5O2/c1-25(2)11-10-22-20(27)13-4-3-5-14-17(13)24-19-15(23-14)7-6-12-16(26)8-9-21-18(12)19/h3-9,23H,10-11H2,1-2H3,(H,22,27). The van der Waals surface area contributed by atoms with Crippen molar-refractivity contribution >= 4 is 38.9 Å². The van der Waals surface area contributed by atoms with Gasteiger partial charge in [0.25, 0.3) is 5.91 Å². The molecule has 2 heterocycles. The topological polar surface area (TPSA) is 91.0 Å². The van der Waals surface area contributed by atoms with Gasteiger partial charge in [-0.1, -0.05) is 6.07 Å². The van der Waals surface area contributed by atoms with Crippen LogP contribution in [0, 0.1) is 0 Å². The molecule has 7 heteroatoms. The van der Waals surface area contributed by atoms with Crippen molar-refractivity contribution in [3.63, 3.8) is 0 Å². The first-order chi connectivity index (χ1) is 13.0. The average Bonchev–Trinajstić information content (AvgIpc) is 2.65. The van der Waals surface area contributed by atoms with Crippen LogP contribution in [0.2, 0.25) is 0 Å². The molecule has 27 heavy (non-hydrogen) atoms. The van der Waals surface area contributed by atoms with E-state index in [0.29, 0.717) is 34.0 Å². The van der Waals surface area contributed by atoms with Crippen molar-refractivity contribution in [2.45, 2.75) is 0 Å². The number of nitrogens with one attached hydrogen (secondary N) is 2. The number of carbonyl (C=O) groups is 1. The number of H-pyrrole nitrogens is 1. The second-order valence-corrected chi connectivity index (χ2v) is 6.66. The second kappa shape index (κ2) is 6.77. The molecular weight excluding hydrogens is 342 g/mol. The number of rotatable bonds is 4. The summed E-state index contributed by atoms with van der Waals surface area (Å²) in [5, 5.41) is 3.43. The molecule has 0 fully saturated rings. The van der Waals surface area contributed by atoms with Crippen molar-refractivity contribution in [1.82, 2.24) is 25.2 Å². The van der Waals surface area contributed by atoms with Crippen molar-refractivity contribution in [1.29, 1.82) is 0 Å². The number of aromatic amines is 1. The summed E-state index contributed by atoms with van der Waals surface area (Å²) in [7, 11) is 3.91. The highest BCUT2D eigenvalue weighted by atomic mass is 16.1. The summed E-state index contributed by atoms with van der Waals surface area (Å²) in [5.41, 5.74) is 3.56. The monoisotopic (exact) mass is 361 g/mol. The Morgan fingerprint density at radius 1 is 1.07 bits per heavy atom. The maximum atomic E-state index is 12.6. The SMILES string of the molecule is CN(C)CCNC(=O)c1cccc2[nH]c3ccc4c(=O)ccnc4c3nc12. The van der Waals surface area contributed by atoms with Crippen molar-refractivity contribution in [3.05, 3.63) is 58.4 Å². The van der Waals surface area contributed by atoms with E-state index in [0.717, 1.165) is 17.6 Å². The molecule has 0 bridgehead atoms. The Labute approximate surface area is 155 Å². The van der Waals surface area contributed by atoms with Gasteiger partial charge in [0.15, 0.2) is 5.43 Å². The molecule has 0 aliphatic carbocycles. The minimum absolute atomic E-state index is 0.0986. The van der Waals surface area contributed by atoms with E-state index < -0.39 is 0 Å². The van der Waals surface area contributed by atoms with Crippen molar-refractivity contribution in [2.75, 3.05) is 27.2 Å². The van der Waals surface area contributed by atoms with Gasteiger partial charge in [-0.25, -0.2) is 4.98 Å². The number of fused-ring (bicyclic) bond motifs is 4. The Bertz CT molecular complexity index is 1230. The third kappa shape index (κ3) is 3.13. The molecule has 2 aromatic heterocycles. The zero-order valence-corrected chi connectivity index (χ0v) is 15.1. The lowest BCUT2D eigenvalue weighted by atomic mass is 10.1. The molecule has 0 aliphatic heterocycles. The number of carbonyl (C=O) groups excluding carboxylic acids is 1. The van der Waals surface area contributed by atoms with Crippen molar-refractivity contribution < 1.29 is 4.79 Å². The van der Waals surface area contributed by atoms with Gasteiger partial charge in [-0.3, -0.25) is 14.6 Å². The molecule has 7 nitrogen and oxygen atoms in total. The molecule has 0 spiro atoms. The van der Waals surface area contributed by atoms with Gasteiger partial charge in [0.05, 0.1) is 16.6 Å². The fourth-order valence-electron chi connectivity index (χ4n) is 3.09. The van der Waals surface area contributed by atoms with E-state index in [1.807, 2.05) is 37.2 Å². The van der Waals surface area contributed by atoms with E-state index in [1.165, 1.54) is 12.3 Å². The first-order valence-corrected chi connectivity index (χ1v) is 8.68. The Morgan fingerprint density at radius 3 is 2.70 bits per heavy atom.